The first-order valence-electron chi connectivity index (χ1n) is 10.6. The Labute approximate surface area is 168 Å². The Morgan fingerprint density at radius 2 is 1.79 bits per heavy atom. The molecule has 2 aliphatic rings. The number of rotatable bonds is 5. The molecule has 0 atom stereocenters. The number of anilines is 2. The zero-order valence-electron chi connectivity index (χ0n) is 17.1. The SMILES string of the molecule is CCN1CCN(c2ccc(NC(=O)Cc3ccc4c(c3)CCC4)cc2C)CC1. The van der Waals surface area contributed by atoms with Gasteiger partial charge < -0.3 is 15.1 Å². The minimum atomic E-state index is 0.0571. The number of hydrogen-bond acceptors (Lipinski definition) is 3. The van der Waals surface area contributed by atoms with Crippen molar-refractivity contribution in [2.75, 3.05) is 42.9 Å². The maximum Gasteiger partial charge on any atom is 0.228 e. The second-order valence-electron chi connectivity index (χ2n) is 8.10. The van der Waals surface area contributed by atoms with Gasteiger partial charge in [-0.05, 0) is 73.2 Å². The van der Waals surface area contributed by atoms with Crippen LogP contribution in [-0.2, 0) is 24.1 Å². The summed E-state index contributed by atoms with van der Waals surface area (Å²) in [5.41, 5.74) is 7.39. The number of likely N-dealkylation sites (N-methyl/N-ethyl adjacent to an activating group) is 1. The molecule has 2 aromatic rings. The summed E-state index contributed by atoms with van der Waals surface area (Å²) < 4.78 is 0. The number of nitrogens with zero attached hydrogens (tertiary/aromatic N) is 2. The van der Waals surface area contributed by atoms with Crippen molar-refractivity contribution in [3.8, 4) is 0 Å². The fourth-order valence-corrected chi connectivity index (χ4v) is 4.52. The second kappa shape index (κ2) is 8.36. The zero-order chi connectivity index (χ0) is 19.5. The fourth-order valence-electron chi connectivity index (χ4n) is 4.52. The first kappa shape index (κ1) is 19.0. The largest absolute Gasteiger partial charge is 0.369 e. The monoisotopic (exact) mass is 377 g/mol. The Morgan fingerprint density at radius 3 is 2.54 bits per heavy atom. The minimum absolute atomic E-state index is 0.0571. The minimum Gasteiger partial charge on any atom is -0.369 e. The van der Waals surface area contributed by atoms with Crippen molar-refractivity contribution in [3.05, 3.63) is 58.7 Å². The van der Waals surface area contributed by atoms with Gasteiger partial charge in [-0.1, -0.05) is 25.1 Å². The van der Waals surface area contributed by atoms with Crippen LogP contribution in [0.3, 0.4) is 0 Å². The number of nitrogens with one attached hydrogen (secondary N) is 1. The smallest absolute Gasteiger partial charge is 0.228 e. The van der Waals surface area contributed by atoms with Gasteiger partial charge in [0.1, 0.15) is 0 Å². The van der Waals surface area contributed by atoms with Gasteiger partial charge in [-0.25, -0.2) is 0 Å². The third-order valence-corrected chi connectivity index (χ3v) is 6.17. The summed E-state index contributed by atoms with van der Waals surface area (Å²) in [7, 11) is 0. The molecule has 28 heavy (non-hydrogen) atoms. The topological polar surface area (TPSA) is 35.6 Å². The Morgan fingerprint density at radius 1 is 1.00 bits per heavy atom. The normalized spacial score (nSPS) is 16.9. The van der Waals surface area contributed by atoms with Crippen LogP contribution < -0.4 is 10.2 Å². The summed E-state index contributed by atoms with van der Waals surface area (Å²) in [6.45, 7) is 9.86. The van der Waals surface area contributed by atoms with E-state index in [0.717, 1.165) is 50.4 Å². The highest BCUT2D eigenvalue weighted by atomic mass is 16.1. The van der Waals surface area contributed by atoms with Gasteiger partial charge in [-0.3, -0.25) is 4.79 Å². The number of fused-ring (bicyclic) bond motifs is 1. The van der Waals surface area contributed by atoms with E-state index in [0.29, 0.717) is 6.42 Å². The molecule has 1 aliphatic carbocycles. The van der Waals surface area contributed by atoms with Gasteiger partial charge in [0.05, 0.1) is 6.42 Å². The average molecular weight is 378 g/mol. The van der Waals surface area contributed by atoms with Crippen molar-refractivity contribution in [2.45, 2.75) is 39.5 Å². The van der Waals surface area contributed by atoms with Gasteiger partial charge in [0.15, 0.2) is 0 Å². The van der Waals surface area contributed by atoms with Crippen molar-refractivity contribution >= 4 is 17.3 Å². The highest BCUT2D eigenvalue weighted by molar-refractivity contribution is 5.92. The van der Waals surface area contributed by atoms with E-state index in [9.17, 15) is 4.79 Å². The lowest BCUT2D eigenvalue weighted by Gasteiger charge is -2.36. The molecule has 0 aromatic heterocycles. The van der Waals surface area contributed by atoms with Gasteiger partial charge in [0, 0.05) is 37.6 Å². The Balaban J connectivity index is 1.37. The van der Waals surface area contributed by atoms with Crippen molar-refractivity contribution in [2.24, 2.45) is 0 Å². The molecule has 4 nitrogen and oxygen atoms in total. The van der Waals surface area contributed by atoms with Crippen LogP contribution in [-0.4, -0.2) is 43.5 Å². The summed E-state index contributed by atoms with van der Waals surface area (Å²) in [4.78, 5) is 17.5. The van der Waals surface area contributed by atoms with Crippen LogP contribution in [0.15, 0.2) is 36.4 Å². The van der Waals surface area contributed by atoms with Gasteiger partial charge in [-0.15, -0.1) is 0 Å². The molecule has 1 aliphatic heterocycles. The molecule has 1 fully saturated rings. The highest BCUT2D eigenvalue weighted by Gasteiger charge is 2.18. The quantitative estimate of drug-likeness (QED) is 0.861. The molecule has 0 spiro atoms. The van der Waals surface area contributed by atoms with Gasteiger partial charge >= 0.3 is 0 Å². The third kappa shape index (κ3) is 4.22. The first-order valence-corrected chi connectivity index (χ1v) is 10.6. The van der Waals surface area contributed by atoms with Crippen LogP contribution in [0.4, 0.5) is 11.4 Å². The standard InChI is InChI=1S/C24H31N3O/c1-3-26-11-13-27(14-12-26)23-10-9-22(15-18(23)2)25-24(28)17-19-7-8-20-5-4-6-21(20)16-19/h7-10,15-16H,3-6,11-14,17H2,1-2H3,(H,25,28). The van der Waals surface area contributed by atoms with Crippen molar-refractivity contribution < 1.29 is 4.79 Å². The number of piperazine rings is 1. The lowest BCUT2D eigenvalue weighted by Crippen LogP contribution is -2.46. The zero-order valence-corrected chi connectivity index (χ0v) is 17.1. The van der Waals surface area contributed by atoms with E-state index in [1.54, 1.807) is 0 Å². The molecule has 1 amide bonds. The van der Waals surface area contributed by atoms with E-state index in [2.05, 4.69) is 59.3 Å². The predicted octanol–water partition coefficient (Wildman–Crippen LogP) is 3.81. The second-order valence-corrected chi connectivity index (χ2v) is 8.10. The number of hydrogen-bond donors (Lipinski definition) is 1. The van der Waals surface area contributed by atoms with E-state index in [4.69, 9.17) is 0 Å². The first-order chi connectivity index (χ1) is 13.6. The lowest BCUT2D eigenvalue weighted by molar-refractivity contribution is -0.115. The fraction of sp³-hybridized carbons (Fsp3) is 0.458. The molecule has 0 radical (unpaired) electrons. The van der Waals surface area contributed by atoms with Crippen molar-refractivity contribution in [1.29, 1.82) is 0 Å². The van der Waals surface area contributed by atoms with E-state index >= 15 is 0 Å². The summed E-state index contributed by atoms with van der Waals surface area (Å²) in [5, 5.41) is 3.08. The summed E-state index contributed by atoms with van der Waals surface area (Å²) in [6, 6.07) is 12.8. The summed E-state index contributed by atoms with van der Waals surface area (Å²) in [6.07, 6.45) is 4.01. The molecular formula is C24H31N3O. The molecule has 1 N–H and O–H groups in total. The van der Waals surface area contributed by atoms with Crippen LogP contribution in [0, 0.1) is 6.92 Å². The maximum absolute atomic E-state index is 12.5. The van der Waals surface area contributed by atoms with Gasteiger partial charge in [0.2, 0.25) is 5.91 Å². The molecule has 0 unspecified atom stereocenters. The molecule has 1 saturated heterocycles. The summed E-state index contributed by atoms with van der Waals surface area (Å²) in [5.74, 6) is 0.0571. The van der Waals surface area contributed by atoms with Crippen LogP contribution in [0.25, 0.3) is 0 Å². The Hall–Kier alpha value is -2.33. The molecule has 148 valence electrons. The Kier molecular flexibility index (Phi) is 5.67. The molecule has 4 rings (SSSR count). The van der Waals surface area contributed by atoms with Crippen LogP contribution >= 0.6 is 0 Å². The van der Waals surface area contributed by atoms with Crippen molar-refractivity contribution in [1.82, 2.24) is 4.90 Å². The maximum atomic E-state index is 12.5. The van der Waals surface area contributed by atoms with Crippen molar-refractivity contribution in [3.63, 3.8) is 0 Å². The van der Waals surface area contributed by atoms with Gasteiger partial charge in [-0.2, -0.15) is 0 Å². The lowest BCUT2D eigenvalue weighted by atomic mass is 10.0. The van der Waals surface area contributed by atoms with Crippen LogP contribution in [0.5, 0.6) is 0 Å². The number of aryl methyl sites for hydroxylation is 3. The number of carbonyl (C=O) groups excluding carboxylic acids is 1. The van der Waals surface area contributed by atoms with E-state index in [-0.39, 0.29) is 5.91 Å². The predicted molar refractivity (Wildman–Crippen MR) is 116 cm³/mol. The van der Waals surface area contributed by atoms with E-state index < -0.39 is 0 Å². The summed E-state index contributed by atoms with van der Waals surface area (Å²) >= 11 is 0. The number of amides is 1. The molecule has 0 saturated carbocycles. The average Bonchev–Trinajstić information content (AvgIpc) is 3.16. The van der Waals surface area contributed by atoms with Gasteiger partial charge in [0.25, 0.3) is 0 Å². The molecule has 1 heterocycles. The third-order valence-electron chi connectivity index (χ3n) is 6.17. The van der Waals surface area contributed by atoms with Crippen LogP contribution in [0.2, 0.25) is 0 Å². The molecule has 0 bridgehead atoms. The number of carbonyl (C=O) groups is 1. The van der Waals surface area contributed by atoms with E-state index in [1.165, 1.54) is 35.2 Å². The number of benzene rings is 2. The molecule has 2 aromatic carbocycles. The Bertz CT molecular complexity index is 853. The highest BCUT2D eigenvalue weighted by Crippen LogP contribution is 2.26. The van der Waals surface area contributed by atoms with Crippen LogP contribution in [0.1, 0.15) is 35.6 Å². The molecule has 4 heteroatoms. The van der Waals surface area contributed by atoms with E-state index in [1.807, 2.05) is 6.07 Å². The molecular weight excluding hydrogens is 346 g/mol.